The molecule has 1 unspecified atom stereocenters. The lowest BCUT2D eigenvalue weighted by atomic mass is 9.97. The van der Waals surface area contributed by atoms with Crippen molar-refractivity contribution < 1.29 is 0 Å². The summed E-state index contributed by atoms with van der Waals surface area (Å²) in [5.41, 5.74) is 7.33. The molecule has 0 bridgehead atoms. The van der Waals surface area contributed by atoms with Crippen LogP contribution in [0.15, 0.2) is 42.5 Å². The number of benzene rings is 2. The van der Waals surface area contributed by atoms with Gasteiger partial charge in [0.1, 0.15) is 0 Å². The first-order valence-electron chi connectivity index (χ1n) is 5.46. The Balaban J connectivity index is 2.46. The largest absolute Gasteiger partial charge is 0.323 e. The summed E-state index contributed by atoms with van der Waals surface area (Å²) in [4.78, 5) is 0. The molecule has 0 saturated carbocycles. The van der Waals surface area contributed by atoms with E-state index in [1.807, 2.05) is 19.1 Å². The number of rotatable bonds is 2. The summed E-state index contributed by atoms with van der Waals surface area (Å²) in [6.07, 6.45) is 0.713. The third kappa shape index (κ3) is 2.08. The average molecular weight is 209 g/mol. The molecule has 1 nitrogen and oxygen atoms in total. The molecule has 2 rings (SSSR count). The van der Waals surface area contributed by atoms with Gasteiger partial charge in [0.2, 0.25) is 0 Å². The van der Waals surface area contributed by atoms with Gasteiger partial charge in [-0.1, -0.05) is 42.5 Å². The summed E-state index contributed by atoms with van der Waals surface area (Å²) < 4.78 is 0. The summed E-state index contributed by atoms with van der Waals surface area (Å²) in [7, 11) is 0. The maximum atomic E-state index is 6.14. The molecule has 0 amide bonds. The van der Waals surface area contributed by atoms with E-state index >= 15 is 0 Å². The van der Waals surface area contributed by atoms with E-state index in [0.29, 0.717) is 6.42 Å². The Morgan fingerprint density at radius 2 is 1.88 bits per heavy atom. The summed E-state index contributed by atoms with van der Waals surface area (Å²) in [5, 5.41) is 2.47. The Morgan fingerprint density at radius 3 is 2.69 bits per heavy atom. The van der Waals surface area contributed by atoms with Crippen LogP contribution in [0.2, 0.25) is 0 Å². The predicted molar refractivity (Wildman–Crippen MR) is 68.9 cm³/mol. The number of hydrogen-bond donors (Lipinski definition) is 1. The van der Waals surface area contributed by atoms with Crippen LogP contribution in [0.4, 0.5) is 0 Å². The van der Waals surface area contributed by atoms with Gasteiger partial charge in [0.15, 0.2) is 0 Å². The van der Waals surface area contributed by atoms with Crippen molar-refractivity contribution in [1.29, 1.82) is 0 Å². The highest BCUT2D eigenvalue weighted by Crippen LogP contribution is 2.24. The lowest BCUT2D eigenvalue weighted by molar-refractivity contribution is 0.761. The van der Waals surface area contributed by atoms with Crippen molar-refractivity contribution in [2.75, 3.05) is 0 Å². The van der Waals surface area contributed by atoms with Crippen LogP contribution >= 0.6 is 0 Å². The lowest BCUT2D eigenvalue weighted by Gasteiger charge is -2.11. The standard InChI is InChI=1S/C15H15N/c1-2-3-11-15(16)14-10-6-8-12-7-4-5-9-13(12)14/h4-10,15H,11,16H2,1H3. The molecule has 0 saturated heterocycles. The number of hydrogen-bond acceptors (Lipinski definition) is 1. The Hall–Kier alpha value is -1.78. The molecule has 2 aromatic carbocycles. The smallest absolute Gasteiger partial charge is 0.0412 e. The first-order valence-corrected chi connectivity index (χ1v) is 5.46. The average Bonchev–Trinajstić information content (AvgIpc) is 2.35. The molecular weight excluding hydrogens is 194 g/mol. The van der Waals surface area contributed by atoms with E-state index in [1.165, 1.54) is 16.3 Å². The van der Waals surface area contributed by atoms with Crippen LogP contribution in [0.1, 0.15) is 24.9 Å². The molecule has 0 fully saturated rings. The van der Waals surface area contributed by atoms with Crippen LogP contribution in [0, 0.1) is 11.8 Å². The van der Waals surface area contributed by atoms with Crippen LogP contribution in [0.3, 0.4) is 0 Å². The van der Waals surface area contributed by atoms with E-state index in [1.54, 1.807) is 0 Å². The quantitative estimate of drug-likeness (QED) is 0.755. The van der Waals surface area contributed by atoms with Gasteiger partial charge in [-0.25, -0.2) is 0 Å². The second kappa shape index (κ2) is 4.83. The highest BCUT2D eigenvalue weighted by Gasteiger charge is 2.07. The van der Waals surface area contributed by atoms with Gasteiger partial charge in [0, 0.05) is 12.5 Å². The zero-order valence-electron chi connectivity index (χ0n) is 9.40. The van der Waals surface area contributed by atoms with E-state index < -0.39 is 0 Å². The van der Waals surface area contributed by atoms with Crippen molar-refractivity contribution in [2.24, 2.45) is 5.73 Å². The zero-order valence-corrected chi connectivity index (χ0v) is 9.40. The molecule has 0 aliphatic heterocycles. The fourth-order valence-corrected chi connectivity index (χ4v) is 1.90. The third-order valence-corrected chi connectivity index (χ3v) is 2.72. The minimum absolute atomic E-state index is 0.00134. The van der Waals surface area contributed by atoms with Crippen molar-refractivity contribution in [2.45, 2.75) is 19.4 Å². The molecule has 0 aromatic heterocycles. The Labute approximate surface area is 96.3 Å². The molecule has 16 heavy (non-hydrogen) atoms. The molecule has 0 aliphatic carbocycles. The molecule has 2 N–H and O–H groups in total. The Kier molecular flexibility index (Phi) is 3.24. The van der Waals surface area contributed by atoms with Crippen molar-refractivity contribution in [3.8, 4) is 11.8 Å². The van der Waals surface area contributed by atoms with Crippen molar-refractivity contribution in [3.63, 3.8) is 0 Å². The van der Waals surface area contributed by atoms with Gasteiger partial charge in [-0.3, -0.25) is 0 Å². The van der Waals surface area contributed by atoms with Gasteiger partial charge in [0.25, 0.3) is 0 Å². The normalized spacial score (nSPS) is 11.9. The highest BCUT2D eigenvalue weighted by molar-refractivity contribution is 5.86. The van der Waals surface area contributed by atoms with Crippen LogP contribution < -0.4 is 5.73 Å². The summed E-state index contributed by atoms with van der Waals surface area (Å²) in [5.74, 6) is 5.92. The highest BCUT2D eigenvalue weighted by atomic mass is 14.6. The molecule has 0 spiro atoms. The van der Waals surface area contributed by atoms with Gasteiger partial charge in [0.05, 0.1) is 0 Å². The summed E-state index contributed by atoms with van der Waals surface area (Å²) >= 11 is 0. The zero-order chi connectivity index (χ0) is 11.4. The van der Waals surface area contributed by atoms with Crippen molar-refractivity contribution in [3.05, 3.63) is 48.0 Å². The Morgan fingerprint density at radius 1 is 1.12 bits per heavy atom. The van der Waals surface area contributed by atoms with E-state index in [-0.39, 0.29) is 6.04 Å². The van der Waals surface area contributed by atoms with E-state index in [0.717, 1.165) is 0 Å². The maximum Gasteiger partial charge on any atom is 0.0412 e. The summed E-state index contributed by atoms with van der Waals surface area (Å²) in [6.45, 7) is 1.84. The fraction of sp³-hybridized carbons (Fsp3) is 0.200. The van der Waals surface area contributed by atoms with Gasteiger partial charge in [-0.05, 0) is 23.3 Å². The van der Waals surface area contributed by atoms with E-state index in [2.05, 4.69) is 42.2 Å². The fourth-order valence-electron chi connectivity index (χ4n) is 1.90. The SMILES string of the molecule is CC#CCC(N)c1cccc2ccccc12. The first kappa shape index (κ1) is 10.7. The lowest BCUT2D eigenvalue weighted by Crippen LogP contribution is -2.09. The summed E-state index contributed by atoms with van der Waals surface area (Å²) in [6, 6.07) is 14.6. The first-order chi connectivity index (χ1) is 7.83. The number of nitrogens with two attached hydrogens (primary N) is 1. The van der Waals surface area contributed by atoms with E-state index in [4.69, 9.17) is 5.73 Å². The van der Waals surface area contributed by atoms with Gasteiger partial charge < -0.3 is 5.73 Å². The van der Waals surface area contributed by atoms with E-state index in [9.17, 15) is 0 Å². The van der Waals surface area contributed by atoms with Gasteiger partial charge in [-0.2, -0.15) is 0 Å². The van der Waals surface area contributed by atoms with Crippen LogP contribution in [-0.2, 0) is 0 Å². The molecule has 0 aliphatic rings. The minimum Gasteiger partial charge on any atom is -0.323 e. The predicted octanol–water partition coefficient (Wildman–Crippen LogP) is 3.25. The number of fused-ring (bicyclic) bond motifs is 1. The van der Waals surface area contributed by atoms with Crippen molar-refractivity contribution >= 4 is 10.8 Å². The molecular formula is C15H15N. The minimum atomic E-state index is -0.00134. The monoisotopic (exact) mass is 209 g/mol. The molecule has 0 heterocycles. The molecule has 1 atom stereocenters. The van der Waals surface area contributed by atoms with Crippen LogP contribution in [-0.4, -0.2) is 0 Å². The second-order valence-electron chi connectivity index (χ2n) is 3.81. The van der Waals surface area contributed by atoms with Gasteiger partial charge in [-0.15, -0.1) is 11.8 Å². The molecule has 2 aromatic rings. The molecule has 1 heteroatoms. The van der Waals surface area contributed by atoms with Crippen molar-refractivity contribution in [1.82, 2.24) is 0 Å². The third-order valence-electron chi connectivity index (χ3n) is 2.72. The van der Waals surface area contributed by atoms with Crippen LogP contribution in [0.25, 0.3) is 10.8 Å². The van der Waals surface area contributed by atoms with Crippen LogP contribution in [0.5, 0.6) is 0 Å². The Bertz CT molecular complexity index is 541. The second-order valence-corrected chi connectivity index (χ2v) is 3.81. The molecule has 80 valence electrons. The topological polar surface area (TPSA) is 26.0 Å². The maximum absolute atomic E-state index is 6.14. The molecule has 0 radical (unpaired) electrons. The van der Waals surface area contributed by atoms with Gasteiger partial charge >= 0.3 is 0 Å².